The SMILES string of the molecule is O=C([C@H]1CCCO1)N1CCCN(Cc2ccc(OCCO)cc2)CC1. The molecule has 0 bridgehead atoms. The van der Waals surface area contributed by atoms with Crippen molar-refractivity contribution < 1.29 is 19.4 Å². The Labute approximate surface area is 149 Å². The van der Waals surface area contributed by atoms with Crippen LogP contribution >= 0.6 is 0 Å². The second kappa shape index (κ2) is 9.17. The zero-order valence-electron chi connectivity index (χ0n) is 14.7. The molecule has 2 saturated heterocycles. The van der Waals surface area contributed by atoms with Crippen LogP contribution in [0.5, 0.6) is 5.75 Å². The Kier molecular flexibility index (Phi) is 6.67. The minimum absolute atomic E-state index is 0.0245. The van der Waals surface area contributed by atoms with Gasteiger partial charge in [0.05, 0.1) is 6.61 Å². The summed E-state index contributed by atoms with van der Waals surface area (Å²) in [4.78, 5) is 16.9. The smallest absolute Gasteiger partial charge is 0.251 e. The molecular formula is C19H28N2O4. The summed E-state index contributed by atoms with van der Waals surface area (Å²) < 4.78 is 10.9. The lowest BCUT2D eigenvalue weighted by molar-refractivity contribution is -0.140. The lowest BCUT2D eigenvalue weighted by Gasteiger charge is -2.24. The molecule has 2 heterocycles. The van der Waals surface area contributed by atoms with E-state index in [2.05, 4.69) is 17.0 Å². The molecule has 0 saturated carbocycles. The van der Waals surface area contributed by atoms with Crippen LogP contribution in [0.15, 0.2) is 24.3 Å². The molecule has 1 aromatic rings. The van der Waals surface area contributed by atoms with E-state index in [1.54, 1.807) is 0 Å². The van der Waals surface area contributed by atoms with Gasteiger partial charge in [-0.2, -0.15) is 0 Å². The second-order valence-corrected chi connectivity index (χ2v) is 6.67. The first kappa shape index (κ1) is 18.2. The highest BCUT2D eigenvalue weighted by atomic mass is 16.5. The molecule has 0 spiro atoms. The van der Waals surface area contributed by atoms with E-state index in [0.717, 1.165) is 57.7 Å². The van der Waals surface area contributed by atoms with Gasteiger partial charge < -0.3 is 19.5 Å². The van der Waals surface area contributed by atoms with Crippen molar-refractivity contribution in [2.24, 2.45) is 0 Å². The van der Waals surface area contributed by atoms with Crippen molar-refractivity contribution in [3.63, 3.8) is 0 Å². The first-order valence-corrected chi connectivity index (χ1v) is 9.21. The van der Waals surface area contributed by atoms with Gasteiger partial charge in [-0.25, -0.2) is 0 Å². The minimum Gasteiger partial charge on any atom is -0.491 e. The molecule has 25 heavy (non-hydrogen) atoms. The molecular weight excluding hydrogens is 320 g/mol. The Morgan fingerprint density at radius 2 is 2.00 bits per heavy atom. The number of aliphatic hydroxyl groups is 1. The number of rotatable bonds is 6. The van der Waals surface area contributed by atoms with E-state index in [9.17, 15) is 4.79 Å². The highest BCUT2D eigenvalue weighted by Gasteiger charge is 2.29. The fourth-order valence-electron chi connectivity index (χ4n) is 3.44. The maximum atomic E-state index is 12.5. The number of carbonyl (C=O) groups is 1. The van der Waals surface area contributed by atoms with E-state index >= 15 is 0 Å². The number of carbonyl (C=O) groups excluding carboxylic acids is 1. The molecule has 138 valence electrons. The van der Waals surface area contributed by atoms with Gasteiger partial charge in [0.1, 0.15) is 18.5 Å². The molecule has 1 amide bonds. The average molecular weight is 348 g/mol. The number of ether oxygens (including phenoxy) is 2. The number of amides is 1. The molecule has 0 unspecified atom stereocenters. The molecule has 0 radical (unpaired) electrons. The van der Waals surface area contributed by atoms with Crippen molar-refractivity contribution >= 4 is 5.91 Å². The molecule has 0 aromatic heterocycles. The zero-order chi connectivity index (χ0) is 17.5. The lowest BCUT2D eigenvalue weighted by Crippen LogP contribution is -2.41. The first-order chi connectivity index (χ1) is 12.3. The van der Waals surface area contributed by atoms with Crippen molar-refractivity contribution in [3.05, 3.63) is 29.8 Å². The van der Waals surface area contributed by atoms with Crippen LogP contribution in [-0.4, -0.2) is 72.9 Å². The fraction of sp³-hybridized carbons (Fsp3) is 0.632. The summed E-state index contributed by atoms with van der Waals surface area (Å²) in [5, 5.41) is 8.79. The van der Waals surface area contributed by atoms with Gasteiger partial charge in [-0.3, -0.25) is 9.69 Å². The standard InChI is InChI=1S/C19H28N2O4/c22-12-14-24-17-6-4-16(5-7-17)15-20-8-2-9-21(11-10-20)19(23)18-3-1-13-25-18/h4-7,18,22H,1-3,8-15H2/t18-/m1/s1. The molecule has 2 aliphatic heterocycles. The minimum atomic E-state index is -0.210. The second-order valence-electron chi connectivity index (χ2n) is 6.67. The molecule has 3 rings (SSSR count). The van der Waals surface area contributed by atoms with E-state index in [1.165, 1.54) is 5.56 Å². The number of hydrogen-bond donors (Lipinski definition) is 1. The van der Waals surface area contributed by atoms with Crippen molar-refractivity contribution in [2.75, 3.05) is 46.0 Å². The molecule has 1 aromatic carbocycles. The highest BCUT2D eigenvalue weighted by molar-refractivity contribution is 5.81. The lowest BCUT2D eigenvalue weighted by atomic mass is 10.2. The normalized spacial score (nSPS) is 22.0. The summed E-state index contributed by atoms with van der Waals surface area (Å²) in [7, 11) is 0. The summed E-state index contributed by atoms with van der Waals surface area (Å²) in [5.74, 6) is 0.951. The Bertz CT molecular complexity index is 543. The highest BCUT2D eigenvalue weighted by Crippen LogP contribution is 2.18. The largest absolute Gasteiger partial charge is 0.491 e. The fourth-order valence-corrected chi connectivity index (χ4v) is 3.44. The number of aliphatic hydroxyl groups excluding tert-OH is 1. The Hall–Kier alpha value is -1.63. The van der Waals surface area contributed by atoms with Crippen molar-refractivity contribution in [3.8, 4) is 5.75 Å². The third kappa shape index (κ3) is 5.17. The molecule has 6 heteroatoms. The molecule has 6 nitrogen and oxygen atoms in total. The van der Waals surface area contributed by atoms with Gasteiger partial charge in [0.25, 0.3) is 5.91 Å². The maximum Gasteiger partial charge on any atom is 0.251 e. The molecule has 2 aliphatic rings. The summed E-state index contributed by atoms with van der Waals surface area (Å²) in [6.45, 7) is 5.42. The molecule has 1 atom stereocenters. The van der Waals surface area contributed by atoms with Crippen molar-refractivity contribution in [1.29, 1.82) is 0 Å². The van der Waals surface area contributed by atoms with Gasteiger partial charge in [-0.05, 0) is 37.0 Å². The van der Waals surface area contributed by atoms with Crippen LogP contribution in [0.1, 0.15) is 24.8 Å². The quantitative estimate of drug-likeness (QED) is 0.839. The third-order valence-electron chi connectivity index (χ3n) is 4.79. The van der Waals surface area contributed by atoms with Crippen LogP contribution in [0.3, 0.4) is 0 Å². The zero-order valence-corrected chi connectivity index (χ0v) is 14.7. The summed E-state index contributed by atoms with van der Waals surface area (Å²) in [5.41, 5.74) is 1.23. The molecule has 0 aliphatic carbocycles. The molecule has 2 fully saturated rings. The van der Waals surface area contributed by atoms with Gasteiger partial charge in [-0.15, -0.1) is 0 Å². The number of nitrogens with zero attached hydrogens (tertiary/aromatic N) is 2. The predicted molar refractivity (Wildman–Crippen MR) is 94.5 cm³/mol. The average Bonchev–Trinajstić information content (AvgIpc) is 3.08. The Morgan fingerprint density at radius 3 is 2.72 bits per heavy atom. The van der Waals surface area contributed by atoms with Gasteiger partial charge in [0, 0.05) is 39.3 Å². The summed E-state index contributed by atoms with van der Waals surface area (Å²) >= 11 is 0. The van der Waals surface area contributed by atoms with E-state index in [1.807, 2.05) is 17.0 Å². The van der Waals surface area contributed by atoms with Crippen LogP contribution in [0.4, 0.5) is 0 Å². The predicted octanol–water partition coefficient (Wildman–Crippen LogP) is 1.27. The van der Waals surface area contributed by atoms with Crippen molar-refractivity contribution in [1.82, 2.24) is 9.80 Å². The van der Waals surface area contributed by atoms with Crippen LogP contribution in [-0.2, 0) is 16.1 Å². The summed E-state index contributed by atoms with van der Waals surface area (Å²) in [6.07, 6.45) is 2.65. The van der Waals surface area contributed by atoms with Gasteiger partial charge in [0.15, 0.2) is 0 Å². The van der Waals surface area contributed by atoms with Gasteiger partial charge in [-0.1, -0.05) is 12.1 Å². The maximum absolute atomic E-state index is 12.5. The van der Waals surface area contributed by atoms with Crippen LogP contribution < -0.4 is 4.74 Å². The number of benzene rings is 1. The third-order valence-corrected chi connectivity index (χ3v) is 4.79. The van der Waals surface area contributed by atoms with Crippen LogP contribution in [0, 0.1) is 0 Å². The monoisotopic (exact) mass is 348 g/mol. The van der Waals surface area contributed by atoms with E-state index < -0.39 is 0 Å². The number of hydrogen-bond acceptors (Lipinski definition) is 5. The van der Waals surface area contributed by atoms with Crippen molar-refractivity contribution in [2.45, 2.75) is 31.9 Å². The molecule has 1 N–H and O–H groups in total. The van der Waals surface area contributed by atoms with E-state index in [-0.39, 0.29) is 18.6 Å². The Morgan fingerprint density at radius 1 is 1.16 bits per heavy atom. The van der Waals surface area contributed by atoms with E-state index in [4.69, 9.17) is 14.6 Å². The Balaban J connectivity index is 1.48. The first-order valence-electron chi connectivity index (χ1n) is 9.21. The van der Waals surface area contributed by atoms with Gasteiger partial charge >= 0.3 is 0 Å². The summed E-state index contributed by atoms with van der Waals surface area (Å²) in [6, 6.07) is 8.01. The van der Waals surface area contributed by atoms with Crippen LogP contribution in [0.25, 0.3) is 0 Å². The topological polar surface area (TPSA) is 62.2 Å². The van der Waals surface area contributed by atoms with Gasteiger partial charge in [0.2, 0.25) is 0 Å². The van der Waals surface area contributed by atoms with E-state index in [0.29, 0.717) is 13.2 Å². The van der Waals surface area contributed by atoms with Crippen LogP contribution in [0.2, 0.25) is 0 Å².